The van der Waals surface area contributed by atoms with Crippen molar-refractivity contribution >= 4 is 17.8 Å². The monoisotopic (exact) mass is 449 g/mol. The van der Waals surface area contributed by atoms with Gasteiger partial charge in [0, 0.05) is 26.1 Å². The summed E-state index contributed by atoms with van der Waals surface area (Å²) in [7, 11) is 1.77. The highest BCUT2D eigenvalue weighted by Crippen LogP contribution is 2.34. The Morgan fingerprint density at radius 1 is 1.31 bits per heavy atom. The SMILES string of the molecule is CCCCC(=O)O[C@H]1[C@@H](OC(=O)C2=CN(C)C=CC2)[C@H](n2cnc(C(N)=O)n2)O[C@@H]1CO. The molecular formula is C20H27N5O7. The molecule has 0 spiro atoms. The van der Waals surface area contributed by atoms with Gasteiger partial charge in [0.1, 0.15) is 12.4 Å². The van der Waals surface area contributed by atoms with E-state index < -0.39 is 49.0 Å². The first-order chi connectivity index (χ1) is 15.3. The van der Waals surface area contributed by atoms with Crippen LogP contribution in [-0.2, 0) is 23.8 Å². The van der Waals surface area contributed by atoms with Crippen molar-refractivity contribution in [2.75, 3.05) is 13.7 Å². The lowest BCUT2D eigenvalue weighted by atomic mass is 10.1. The molecule has 2 aliphatic rings. The zero-order chi connectivity index (χ0) is 23.3. The summed E-state index contributed by atoms with van der Waals surface area (Å²) in [6.45, 7) is 1.44. The van der Waals surface area contributed by atoms with E-state index in [1.807, 2.05) is 6.92 Å². The molecule has 174 valence electrons. The Hall–Kier alpha value is -3.25. The van der Waals surface area contributed by atoms with E-state index in [9.17, 15) is 19.5 Å². The molecule has 0 unspecified atom stereocenters. The number of nitrogens with zero attached hydrogens (tertiary/aromatic N) is 4. The normalized spacial score (nSPS) is 24.8. The average molecular weight is 449 g/mol. The second kappa shape index (κ2) is 10.4. The number of carbonyl (C=O) groups is 3. The molecule has 3 heterocycles. The van der Waals surface area contributed by atoms with Crippen LogP contribution in [0, 0.1) is 0 Å². The van der Waals surface area contributed by atoms with E-state index in [2.05, 4.69) is 10.1 Å². The van der Waals surface area contributed by atoms with Gasteiger partial charge in [-0.1, -0.05) is 19.4 Å². The van der Waals surface area contributed by atoms with Crippen molar-refractivity contribution in [1.29, 1.82) is 0 Å². The molecule has 32 heavy (non-hydrogen) atoms. The lowest BCUT2D eigenvalue weighted by Crippen LogP contribution is -2.41. The number of aliphatic hydroxyl groups is 1. The summed E-state index contributed by atoms with van der Waals surface area (Å²) in [6, 6.07) is 0. The molecule has 1 amide bonds. The van der Waals surface area contributed by atoms with E-state index in [-0.39, 0.29) is 12.2 Å². The van der Waals surface area contributed by atoms with E-state index >= 15 is 0 Å². The van der Waals surface area contributed by atoms with Gasteiger partial charge in [0.25, 0.3) is 5.91 Å². The summed E-state index contributed by atoms with van der Waals surface area (Å²) in [6.07, 6.45) is 4.07. The number of hydrogen-bond donors (Lipinski definition) is 2. The van der Waals surface area contributed by atoms with Gasteiger partial charge in [-0.3, -0.25) is 9.59 Å². The maximum atomic E-state index is 12.9. The van der Waals surface area contributed by atoms with Crippen LogP contribution >= 0.6 is 0 Å². The molecule has 2 aliphatic heterocycles. The molecule has 4 atom stereocenters. The number of amides is 1. The number of unbranched alkanes of at least 4 members (excludes halogenated alkanes) is 1. The average Bonchev–Trinajstić information content (AvgIpc) is 3.38. The van der Waals surface area contributed by atoms with Crippen LogP contribution in [-0.4, -0.2) is 74.6 Å². The van der Waals surface area contributed by atoms with Crippen molar-refractivity contribution in [2.24, 2.45) is 5.73 Å². The smallest absolute Gasteiger partial charge is 0.336 e. The van der Waals surface area contributed by atoms with Crippen molar-refractivity contribution in [3.63, 3.8) is 0 Å². The lowest BCUT2D eigenvalue weighted by Gasteiger charge is -2.25. The first-order valence-electron chi connectivity index (χ1n) is 10.3. The Bertz CT molecular complexity index is 912. The first kappa shape index (κ1) is 23.4. The van der Waals surface area contributed by atoms with E-state index in [4.69, 9.17) is 19.9 Å². The van der Waals surface area contributed by atoms with Gasteiger partial charge in [-0.25, -0.2) is 14.5 Å². The molecule has 12 nitrogen and oxygen atoms in total. The van der Waals surface area contributed by atoms with E-state index in [0.717, 1.165) is 11.1 Å². The number of ether oxygens (including phenoxy) is 3. The molecule has 12 heteroatoms. The Labute approximate surface area is 184 Å². The third-order valence-corrected chi connectivity index (χ3v) is 5.00. The minimum atomic E-state index is -1.15. The maximum Gasteiger partial charge on any atom is 0.336 e. The highest BCUT2D eigenvalue weighted by Gasteiger charge is 2.51. The van der Waals surface area contributed by atoms with Crippen molar-refractivity contribution in [3.8, 4) is 0 Å². The molecule has 0 aliphatic carbocycles. The summed E-state index contributed by atoms with van der Waals surface area (Å²) < 4.78 is 18.2. The number of primary amides is 1. The quantitative estimate of drug-likeness (QED) is 0.492. The number of rotatable bonds is 9. The number of aromatic nitrogens is 3. The van der Waals surface area contributed by atoms with Crippen LogP contribution in [0.25, 0.3) is 0 Å². The number of hydrogen-bond acceptors (Lipinski definition) is 10. The molecule has 0 aromatic carbocycles. The number of nitrogens with two attached hydrogens (primary N) is 1. The van der Waals surface area contributed by atoms with Crippen LogP contribution in [0.1, 0.15) is 49.5 Å². The third kappa shape index (κ3) is 5.32. The van der Waals surface area contributed by atoms with Gasteiger partial charge in [-0.2, -0.15) is 0 Å². The predicted molar refractivity (Wildman–Crippen MR) is 108 cm³/mol. The summed E-state index contributed by atoms with van der Waals surface area (Å²) in [4.78, 5) is 42.1. The summed E-state index contributed by atoms with van der Waals surface area (Å²) in [5.41, 5.74) is 5.60. The molecule has 1 saturated heterocycles. The minimum absolute atomic E-state index is 0.173. The predicted octanol–water partition coefficient (Wildman–Crippen LogP) is 0.0136. The van der Waals surface area contributed by atoms with Gasteiger partial charge < -0.3 is 30.0 Å². The standard InChI is InChI=1S/C20H27N5O7/c1-3-4-7-14(27)31-15-13(10-26)30-19(25-11-22-18(23-25)17(21)28)16(15)32-20(29)12-6-5-8-24(2)9-12/h5,8-9,11,13,15-16,19,26H,3-4,6-7,10H2,1-2H3,(H2,21,28)/t13-,15-,16-,19-/m1/s1. The van der Waals surface area contributed by atoms with Crippen LogP contribution in [0.4, 0.5) is 0 Å². The fourth-order valence-electron chi connectivity index (χ4n) is 3.40. The minimum Gasteiger partial charge on any atom is -0.455 e. The number of aliphatic hydroxyl groups excluding tert-OH is 1. The molecule has 0 radical (unpaired) electrons. The molecular weight excluding hydrogens is 422 g/mol. The van der Waals surface area contributed by atoms with Crippen molar-refractivity contribution in [2.45, 2.75) is 57.1 Å². The zero-order valence-electron chi connectivity index (χ0n) is 17.9. The number of esters is 2. The van der Waals surface area contributed by atoms with Crippen molar-refractivity contribution < 1.29 is 33.7 Å². The molecule has 3 rings (SSSR count). The van der Waals surface area contributed by atoms with E-state index in [1.165, 1.54) is 6.33 Å². The van der Waals surface area contributed by atoms with Crippen LogP contribution < -0.4 is 5.73 Å². The third-order valence-electron chi connectivity index (χ3n) is 5.00. The van der Waals surface area contributed by atoms with Gasteiger partial charge in [-0.05, 0) is 12.6 Å². The van der Waals surface area contributed by atoms with Crippen LogP contribution in [0.15, 0.2) is 30.4 Å². The summed E-state index contributed by atoms with van der Waals surface area (Å²) in [5, 5.41) is 13.8. The fraction of sp³-hybridized carbons (Fsp3) is 0.550. The van der Waals surface area contributed by atoms with Crippen LogP contribution in [0.3, 0.4) is 0 Å². The molecule has 1 aromatic heterocycles. The maximum absolute atomic E-state index is 12.9. The Kier molecular flexibility index (Phi) is 7.59. The fourth-order valence-corrected chi connectivity index (χ4v) is 3.40. The second-order valence-corrected chi connectivity index (χ2v) is 7.50. The summed E-state index contributed by atoms with van der Waals surface area (Å²) in [5.74, 6) is -2.25. The highest BCUT2D eigenvalue weighted by molar-refractivity contribution is 5.89. The number of allylic oxidation sites excluding steroid dienone is 1. The van der Waals surface area contributed by atoms with Crippen molar-refractivity contribution in [1.82, 2.24) is 19.7 Å². The Morgan fingerprint density at radius 2 is 2.09 bits per heavy atom. The zero-order valence-corrected chi connectivity index (χ0v) is 17.9. The molecule has 0 saturated carbocycles. The first-order valence-corrected chi connectivity index (χ1v) is 10.3. The van der Waals surface area contributed by atoms with Gasteiger partial charge in [0.2, 0.25) is 5.82 Å². The molecule has 1 fully saturated rings. The number of carbonyl (C=O) groups excluding carboxylic acids is 3. The van der Waals surface area contributed by atoms with E-state index in [1.54, 1.807) is 30.4 Å². The van der Waals surface area contributed by atoms with Crippen molar-refractivity contribution in [3.05, 3.63) is 36.2 Å². The van der Waals surface area contributed by atoms with E-state index in [0.29, 0.717) is 18.4 Å². The molecule has 3 N–H and O–H groups in total. The Balaban J connectivity index is 1.87. The van der Waals surface area contributed by atoms with Gasteiger partial charge >= 0.3 is 11.9 Å². The second-order valence-electron chi connectivity index (χ2n) is 7.50. The van der Waals surface area contributed by atoms with Gasteiger partial charge in [-0.15, -0.1) is 5.10 Å². The molecule has 1 aromatic rings. The topological polar surface area (TPSA) is 159 Å². The van der Waals surface area contributed by atoms with Crippen LogP contribution in [0.5, 0.6) is 0 Å². The Morgan fingerprint density at radius 3 is 2.72 bits per heavy atom. The highest BCUT2D eigenvalue weighted by atomic mass is 16.6. The lowest BCUT2D eigenvalue weighted by molar-refractivity contribution is -0.166. The van der Waals surface area contributed by atoms with Gasteiger partial charge in [0.15, 0.2) is 18.4 Å². The van der Waals surface area contributed by atoms with Crippen LogP contribution in [0.2, 0.25) is 0 Å². The molecule has 0 bridgehead atoms. The largest absolute Gasteiger partial charge is 0.455 e. The van der Waals surface area contributed by atoms with Gasteiger partial charge in [0.05, 0.1) is 12.2 Å². The summed E-state index contributed by atoms with van der Waals surface area (Å²) >= 11 is 0.